The number of benzene rings is 1. The molecule has 1 amide bonds. The molecule has 1 aliphatic heterocycles. The third-order valence-electron chi connectivity index (χ3n) is 2.90. The van der Waals surface area contributed by atoms with E-state index >= 15 is 0 Å². The lowest BCUT2D eigenvalue weighted by molar-refractivity contribution is -0.129. The second-order valence-corrected chi connectivity index (χ2v) is 4.08. The standard InChI is InChI=1S/C13H14N2O3/c14-7-10-3-1-2-4-12(10)15-8-11(5-6-16)18-9-13(15)17/h1-4,11,16H,5-6,8-9H2. The van der Waals surface area contributed by atoms with Crippen LogP contribution in [0.3, 0.4) is 0 Å². The van der Waals surface area contributed by atoms with E-state index in [4.69, 9.17) is 15.1 Å². The molecule has 1 unspecified atom stereocenters. The maximum atomic E-state index is 11.8. The zero-order chi connectivity index (χ0) is 13.0. The topological polar surface area (TPSA) is 73.6 Å². The van der Waals surface area contributed by atoms with E-state index in [0.717, 1.165) is 0 Å². The number of carbonyl (C=O) groups excluding carboxylic acids is 1. The van der Waals surface area contributed by atoms with Gasteiger partial charge in [-0.1, -0.05) is 12.1 Å². The lowest BCUT2D eigenvalue weighted by Gasteiger charge is -2.33. The van der Waals surface area contributed by atoms with Crippen LogP contribution in [0.1, 0.15) is 12.0 Å². The Hall–Kier alpha value is -1.90. The number of anilines is 1. The summed E-state index contributed by atoms with van der Waals surface area (Å²) in [4.78, 5) is 13.4. The van der Waals surface area contributed by atoms with Gasteiger partial charge >= 0.3 is 0 Å². The minimum atomic E-state index is -0.181. The predicted octanol–water partition coefficient (Wildman–Crippen LogP) is 0.672. The number of ether oxygens (including phenoxy) is 1. The summed E-state index contributed by atoms with van der Waals surface area (Å²) in [5.41, 5.74) is 1.08. The fourth-order valence-corrected chi connectivity index (χ4v) is 1.98. The fourth-order valence-electron chi connectivity index (χ4n) is 1.98. The van der Waals surface area contributed by atoms with E-state index in [-0.39, 0.29) is 25.2 Å². The van der Waals surface area contributed by atoms with Crippen molar-refractivity contribution in [3.05, 3.63) is 29.8 Å². The van der Waals surface area contributed by atoms with Crippen molar-refractivity contribution < 1.29 is 14.6 Å². The number of morpholine rings is 1. The van der Waals surface area contributed by atoms with Crippen LogP contribution >= 0.6 is 0 Å². The molecule has 0 saturated carbocycles. The highest BCUT2D eigenvalue weighted by atomic mass is 16.5. The van der Waals surface area contributed by atoms with E-state index in [2.05, 4.69) is 6.07 Å². The van der Waals surface area contributed by atoms with Gasteiger partial charge < -0.3 is 14.7 Å². The summed E-state index contributed by atoms with van der Waals surface area (Å²) in [5.74, 6) is -0.160. The van der Waals surface area contributed by atoms with Crippen molar-refractivity contribution in [3.8, 4) is 6.07 Å². The molecule has 1 aromatic carbocycles. The minimum Gasteiger partial charge on any atom is -0.396 e. The first-order chi connectivity index (χ1) is 8.76. The Balaban J connectivity index is 2.25. The van der Waals surface area contributed by atoms with Crippen LogP contribution in [0.2, 0.25) is 0 Å². The van der Waals surface area contributed by atoms with E-state index in [1.54, 1.807) is 29.2 Å². The van der Waals surface area contributed by atoms with Crippen molar-refractivity contribution in [2.45, 2.75) is 12.5 Å². The number of nitrogens with zero attached hydrogens (tertiary/aromatic N) is 2. The predicted molar refractivity (Wildman–Crippen MR) is 65.0 cm³/mol. The van der Waals surface area contributed by atoms with Gasteiger partial charge in [-0.2, -0.15) is 5.26 Å². The number of amides is 1. The van der Waals surface area contributed by atoms with Crippen molar-refractivity contribution in [2.75, 3.05) is 24.7 Å². The van der Waals surface area contributed by atoms with Gasteiger partial charge in [0.15, 0.2) is 0 Å². The highest BCUT2D eigenvalue weighted by Crippen LogP contribution is 2.23. The molecule has 1 fully saturated rings. The maximum Gasteiger partial charge on any atom is 0.253 e. The molecule has 0 spiro atoms. The van der Waals surface area contributed by atoms with Crippen molar-refractivity contribution in [2.24, 2.45) is 0 Å². The smallest absolute Gasteiger partial charge is 0.253 e. The van der Waals surface area contributed by atoms with Crippen molar-refractivity contribution >= 4 is 11.6 Å². The molecule has 2 rings (SSSR count). The third kappa shape index (κ3) is 2.50. The molecule has 18 heavy (non-hydrogen) atoms. The van der Waals surface area contributed by atoms with Crippen LogP contribution in [0.25, 0.3) is 0 Å². The Labute approximate surface area is 105 Å². The highest BCUT2D eigenvalue weighted by Gasteiger charge is 2.28. The van der Waals surface area contributed by atoms with Crippen molar-refractivity contribution in [1.82, 2.24) is 0 Å². The number of rotatable bonds is 3. The summed E-state index contributed by atoms with van der Waals surface area (Å²) in [7, 11) is 0. The molecule has 1 aromatic rings. The zero-order valence-electron chi connectivity index (χ0n) is 9.87. The Morgan fingerprint density at radius 2 is 2.28 bits per heavy atom. The largest absolute Gasteiger partial charge is 0.396 e. The summed E-state index contributed by atoms with van der Waals surface area (Å²) >= 11 is 0. The molecule has 1 N–H and O–H groups in total. The Kier molecular flexibility index (Phi) is 3.92. The van der Waals surface area contributed by atoms with Crippen LogP contribution in [0.4, 0.5) is 5.69 Å². The van der Waals surface area contributed by atoms with Gasteiger partial charge in [-0.25, -0.2) is 0 Å². The molecule has 94 valence electrons. The monoisotopic (exact) mass is 246 g/mol. The number of para-hydroxylation sites is 1. The van der Waals surface area contributed by atoms with Crippen LogP contribution in [-0.4, -0.2) is 36.9 Å². The first-order valence-electron chi connectivity index (χ1n) is 5.78. The van der Waals surface area contributed by atoms with E-state index in [9.17, 15) is 4.79 Å². The SMILES string of the molecule is N#Cc1ccccc1N1CC(CCO)OCC1=O. The number of hydrogen-bond acceptors (Lipinski definition) is 4. The number of hydrogen-bond donors (Lipinski definition) is 1. The van der Waals surface area contributed by atoms with Crippen LogP contribution in [0.5, 0.6) is 0 Å². The van der Waals surface area contributed by atoms with Crippen LogP contribution in [0.15, 0.2) is 24.3 Å². The molecule has 1 aliphatic rings. The lowest BCUT2D eigenvalue weighted by atomic mass is 10.1. The van der Waals surface area contributed by atoms with Gasteiger partial charge in [-0.05, 0) is 18.6 Å². The molecule has 5 heteroatoms. The Morgan fingerprint density at radius 1 is 1.50 bits per heavy atom. The molecular weight excluding hydrogens is 232 g/mol. The lowest BCUT2D eigenvalue weighted by Crippen LogP contribution is -2.47. The van der Waals surface area contributed by atoms with Gasteiger partial charge in [0.1, 0.15) is 12.7 Å². The molecular formula is C13H14N2O3. The average Bonchev–Trinajstić information content (AvgIpc) is 2.41. The minimum absolute atomic E-state index is 0.00949. The van der Waals surface area contributed by atoms with Gasteiger partial charge in [0.2, 0.25) is 0 Å². The van der Waals surface area contributed by atoms with Gasteiger partial charge in [-0.3, -0.25) is 4.79 Å². The number of aliphatic hydroxyl groups excluding tert-OH is 1. The number of nitriles is 1. The van der Waals surface area contributed by atoms with E-state index < -0.39 is 0 Å². The molecule has 0 aliphatic carbocycles. The van der Waals surface area contributed by atoms with Gasteiger partial charge in [0, 0.05) is 6.61 Å². The van der Waals surface area contributed by atoms with Crippen LogP contribution in [0, 0.1) is 11.3 Å². The Bertz CT molecular complexity index is 481. The average molecular weight is 246 g/mol. The van der Waals surface area contributed by atoms with Gasteiger partial charge in [0.05, 0.1) is 23.9 Å². The molecule has 0 bridgehead atoms. The molecule has 1 heterocycles. The zero-order valence-corrected chi connectivity index (χ0v) is 9.87. The molecule has 0 radical (unpaired) electrons. The fraction of sp³-hybridized carbons (Fsp3) is 0.385. The maximum absolute atomic E-state index is 11.8. The van der Waals surface area contributed by atoms with Crippen LogP contribution in [-0.2, 0) is 9.53 Å². The number of aliphatic hydroxyl groups is 1. The van der Waals surface area contributed by atoms with Crippen molar-refractivity contribution in [3.63, 3.8) is 0 Å². The van der Waals surface area contributed by atoms with E-state index in [1.807, 2.05) is 0 Å². The summed E-state index contributed by atoms with van der Waals surface area (Å²) in [5, 5.41) is 18.0. The summed E-state index contributed by atoms with van der Waals surface area (Å²) < 4.78 is 5.32. The molecule has 1 saturated heterocycles. The number of carbonyl (C=O) groups is 1. The van der Waals surface area contributed by atoms with Gasteiger partial charge in [0.25, 0.3) is 5.91 Å². The second kappa shape index (κ2) is 5.63. The molecule has 1 atom stereocenters. The van der Waals surface area contributed by atoms with Gasteiger partial charge in [-0.15, -0.1) is 0 Å². The normalized spacial score (nSPS) is 19.7. The van der Waals surface area contributed by atoms with E-state index in [1.165, 1.54) is 0 Å². The molecule has 5 nitrogen and oxygen atoms in total. The van der Waals surface area contributed by atoms with Crippen molar-refractivity contribution in [1.29, 1.82) is 5.26 Å². The first-order valence-corrected chi connectivity index (χ1v) is 5.78. The summed E-state index contributed by atoms with van der Waals surface area (Å²) in [6, 6.07) is 9.06. The van der Waals surface area contributed by atoms with E-state index in [0.29, 0.717) is 24.2 Å². The van der Waals surface area contributed by atoms with Crippen LogP contribution < -0.4 is 4.90 Å². The summed E-state index contributed by atoms with van der Waals surface area (Å²) in [6.45, 7) is 0.384. The third-order valence-corrected chi connectivity index (χ3v) is 2.90. The Morgan fingerprint density at radius 3 is 3.00 bits per heavy atom. The quantitative estimate of drug-likeness (QED) is 0.850. The first kappa shape index (κ1) is 12.6. The molecule has 0 aromatic heterocycles. The summed E-state index contributed by atoms with van der Waals surface area (Å²) in [6.07, 6.45) is 0.304. The highest BCUT2D eigenvalue weighted by molar-refractivity contribution is 5.96. The second-order valence-electron chi connectivity index (χ2n) is 4.08.